The molecule has 5 heteroatoms. The van der Waals surface area contributed by atoms with Gasteiger partial charge in [-0.25, -0.2) is 0 Å². The Morgan fingerprint density at radius 2 is 1.93 bits per heavy atom. The van der Waals surface area contributed by atoms with Crippen LogP contribution in [0.15, 0.2) is 0 Å². The Kier molecular flexibility index (Phi) is 1.89. The smallest absolute Gasteiger partial charge is 0.317 e. The van der Waals surface area contributed by atoms with Crippen LogP contribution in [0.4, 0.5) is 0 Å². The first-order valence-corrected chi connectivity index (χ1v) is 5.61. The van der Waals surface area contributed by atoms with E-state index in [1.54, 1.807) is 0 Å². The summed E-state index contributed by atoms with van der Waals surface area (Å²) in [6.07, 6.45) is 1.56. The maximum atomic E-state index is 11.5. The lowest BCUT2D eigenvalue weighted by atomic mass is 9.75. The van der Waals surface area contributed by atoms with Gasteiger partial charge in [0.1, 0.15) is 5.56 Å². The zero-order chi connectivity index (χ0) is 10.7. The molecule has 0 aromatic rings. The number of cyclic esters (lactones) is 2. The maximum Gasteiger partial charge on any atom is 0.317 e. The predicted molar refractivity (Wildman–Crippen MR) is 49.6 cm³/mol. The number of hydrogen-bond acceptors (Lipinski definition) is 4. The molecule has 1 aliphatic heterocycles. The summed E-state index contributed by atoms with van der Waals surface area (Å²) in [5.74, 6) is -1.23. The fourth-order valence-corrected chi connectivity index (χ4v) is 3.91. The molecule has 3 aliphatic rings. The molecule has 2 saturated carbocycles. The normalized spacial score (nSPS) is 49.3. The Bertz CT molecular complexity index is 340. The van der Waals surface area contributed by atoms with Gasteiger partial charge in [0.25, 0.3) is 0 Å². The quantitative estimate of drug-likeness (QED) is 0.405. The topological polar surface area (TPSA) is 63.6 Å². The van der Waals surface area contributed by atoms with Crippen molar-refractivity contribution < 1.29 is 19.4 Å². The minimum absolute atomic E-state index is 0.0337. The summed E-state index contributed by atoms with van der Waals surface area (Å²) in [4.78, 5) is 22.9. The van der Waals surface area contributed by atoms with Crippen LogP contribution in [0.2, 0.25) is 0 Å². The zero-order valence-electron chi connectivity index (χ0n) is 7.93. The van der Waals surface area contributed by atoms with E-state index in [0.717, 1.165) is 12.8 Å². The SMILES string of the molecule is O=C1OC(=O)C2C3CC(CC3C(O)Cl)C12. The summed E-state index contributed by atoms with van der Waals surface area (Å²) < 4.78 is 4.63. The van der Waals surface area contributed by atoms with E-state index in [1.165, 1.54) is 0 Å². The highest BCUT2D eigenvalue weighted by molar-refractivity contribution is 6.19. The van der Waals surface area contributed by atoms with Crippen LogP contribution in [-0.4, -0.2) is 22.6 Å². The van der Waals surface area contributed by atoms with E-state index < -0.39 is 11.5 Å². The lowest BCUT2D eigenvalue weighted by Gasteiger charge is -2.28. The van der Waals surface area contributed by atoms with Crippen molar-refractivity contribution in [2.24, 2.45) is 29.6 Å². The molecular weight excluding hydrogens is 220 g/mol. The number of hydrogen-bond donors (Lipinski definition) is 1. The molecule has 1 saturated heterocycles. The van der Waals surface area contributed by atoms with Gasteiger partial charge in [-0.15, -0.1) is 0 Å². The third-order valence-electron chi connectivity index (χ3n) is 4.15. The molecule has 82 valence electrons. The summed E-state index contributed by atoms with van der Waals surface area (Å²) in [5, 5.41) is 9.37. The molecule has 2 aliphatic carbocycles. The number of carbonyl (C=O) groups excluding carboxylic acids is 2. The van der Waals surface area contributed by atoms with Crippen molar-refractivity contribution in [1.29, 1.82) is 0 Å². The third-order valence-corrected chi connectivity index (χ3v) is 4.48. The first-order valence-electron chi connectivity index (χ1n) is 5.17. The van der Waals surface area contributed by atoms with E-state index in [-0.39, 0.29) is 35.6 Å². The van der Waals surface area contributed by atoms with Gasteiger partial charge >= 0.3 is 11.9 Å². The molecule has 2 bridgehead atoms. The van der Waals surface area contributed by atoms with E-state index in [4.69, 9.17) is 11.6 Å². The molecule has 6 unspecified atom stereocenters. The first kappa shape index (κ1) is 9.60. The molecule has 6 atom stereocenters. The molecule has 3 fully saturated rings. The second-order valence-corrected chi connectivity index (χ2v) is 5.17. The predicted octanol–water partition coefficient (Wildman–Crippen LogP) is 0.515. The Labute approximate surface area is 91.5 Å². The number of aliphatic hydroxyl groups is 1. The van der Waals surface area contributed by atoms with Crippen LogP contribution in [-0.2, 0) is 14.3 Å². The molecule has 15 heavy (non-hydrogen) atoms. The van der Waals surface area contributed by atoms with E-state index in [1.807, 2.05) is 0 Å². The van der Waals surface area contributed by atoms with Gasteiger partial charge in [0.05, 0.1) is 11.8 Å². The van der Waals surface area contributed by atoms with Crippen molar-refractivity contribution >= 4 is 23.5 Å². The van der Waals surface area contributed by atoms with Crippen LogP contribution in [0.25, 0.3) is 0 Å². The minimum Gasteiger partial charge on any atom is -0.393 e. The standard InChI is InChI=1S/C10H11ClO4/c11-8(12)5-2-3-1-4(5)7-6(3)9(13)15-10(7)14/h3-8,12H,1-2H2. The summed E-state index contributed by atoms with van der Waals surface area (Å²) in [7, 11) is 0. The molecule has 0 spiro atoms. The molecule has 0 amide bonds. The van der Waals surface area contributed by atoms with E-state index in [9.17, 15) is 14.7 Å². The van der Waals surface area contributed by atoms with Gasteiger partial charge in [-0.05, 0) is 24.7 Å². The van der Waals surface area contributed by atoms with Crippen molar-refractivity contribution in [3.63, 3.8) is 0 Å². The van der Waals surface area contributed by atoms with Crippen LogP contribution in [0, 0.1) is 29.6 Å². The molecule has 4 nitrogen and oxygen atoms in total. The molecule has 3 rings (SSSR count). The largest absolute Gasteiger partial charge is 0.393 e. The number of halogens is 1. The second-order valence-electron chi connectivity index (χ2n) is 4.72. The lowest BCUT2D eigenvalue weighted by Crippen LogP contribution is -2.34. The monoisotopic (exact) mass is 230 g/mol. The number of ether oxygens (including phenoxy) is 1. The summed E-state index contributed by atoms with van der Waals surface area (Å²) in [5.41, 5.74) is -0.913. The molecule has 0 aromatic heterocycles. The molecule has 0 radical (unpaired) electrons. The van der Waals surface area contributed by atoms with Crippen molar-refractivity contribution in [2.45, 2.75) is 18.4 Å². The van der Waals surface area contributed by atoms with Crippen molar-refractivity contribution in [2.75, 3.05) is 0 Å². The Hall–Kier alpha value is -0.610. The Balaban J connectivity index is 1.92. The van der Waals surface area contributed by atoms with Gasteiger partial charge in [-0.1, -0.05) is 11.6 Å². The van der Waals surface area contributed by atoms with Crippen molar-refractivity contribution in [3.8, 4) is 0 Å². The van der Waals surface area contributed by atoms with E-state index in [2.05, 4.69) is 4.74 Å². The average molecular weight is 231 g/mol. The van der Waals surface area contributed by atoms with Crippen LogP contribution >= 0.6 is 11.6 Å². The number of alkyl halides is 1. The van der Waals surface area contributed by atoms with Gasteiger partial charge in [0, 0.05) is 5.92 Å². The molecule has 1 N–H and O–H groups in total. The number of aliphatic hydroxyl groups excluding tert-OH is 1. The van der Waals surface area contributed by atoms with Crippen LogP contribution in [0.1, 0.15) is 12.8 Å². The van der Waals surface area contributed by atoms with Crippen LogP contribution in [0.3, 0.4) is 0 Å². The summed E-state index contributed by atoms with van der Waals surface area (Å²) >= 11 is 5.67. The lowest BCUT2D eigenvalue weighted by molar-refractivity contribution is -0.154. The maximum absolute atomic E-state index is 11.5. The summed E-state index contributed by atoms with van der Waals surface area (Å²) in [6, 6.07) is 0. The van der Waals surface area contributed by atoms with E-state index in [0.29, 0.717) is 0 Å². The Morgan fingerprint density at radius 3 is 2.60 bits per heavy atom. The molecule has 1 heterocycles. The second kappa shape index (κ2) is 2.95. The van der Waals surface area contributed by atoms with Crippen molar-refractivity contribution in [3.05, 3.63) is 0 Å². The number of fused-ring (bicyclic) bond motifs is 5. The minimum atomic E-state index is -0.913. The highest BCUT2D eigenvalue weighted by Gasteiger charge is 2.63. The van der Waals surface area contributed by atoms with Crippen LogP contribution < -0.4 is 0 Å². The van der Waals surface area contributed by atoms with Gasteiger partial charge in [-0.3, -0.25) is 9.59 Å². The Morgan fingerprint density at radius 1 is 1.27 bits per heavy atom. The fourth-order valence-electron chi connectivity index (χ4n) is 3.62. The zero-order valence-corrected chi connectivity index (χ0v) is 8.68. The summed E-state index contributed by atoms with van der Waals surface area (Å²) in [6.45, 7) is 0. The average Bonchev–Trinajstić information content (AvgIpc) is 2.77. The van der Waals surface area contributed by atoms with Crippen LogP contribution in [0.5, 0.6) is 0 Å². The van der Waals surface area contributed by atoms with Crippen molar-refractivity contribution in [1.82, 2.24) is 0 Å². The van der Waals surface area contributed by atoms with Gasteiger partial charge in [0.2, 0.25) is 0 Å². The highest BCUT2D eigenvalue weighted by Crippen LogP contribution is 2.59. The fraction of sp³-hybridized carbons (Fsp3) is 0.800. The van der Waals surface area contributed by atoms with Gasteiger partial charge < -0.3 is 9.84 Å². The van der Waals surface area contributed by atoms with Gasteiger partial charge in [-0.2, -0.15) is 0 Å². The van der Waals surface area contributed by atoms with Gasteiger partial charge in [0.15, 0.2) is 0 Å². The highest BCUT2D eigenvalue weighted by atomic mass is 35.5. The molecular formula is C10H11ClO4. The number of rotatable bonds is 1. The third kappa shape index (κ3) is 1.12. The molecule has 0 aromatic carbocycles. The van der Waals surface area contributed by atoms with E-state index >= 15 is 0 Å². The number of carbonyl (C=O) groups is 2. The first-order chi connectivity index (χ1) is 7.09. The number of esters is 2.